The van der Waals surface area contributed by atoms with Crippen LogP contribution in [0.2, 0.25) is 0 Å². The molecule has 2 rings (SSSR count). The maximum absolute atomic E-state index is 4.66. The lowest BCUT2D eigenvalue weighted by molar-refractivity contribution is 0.920. The Kier molecular flexibility index (Phi) is 7.24. The molecule has 0 aliphatic heterocycles. The lowest BCUT2D eigenvalue weighted by Crippen LogP contribution is -2.03. The molecule has 0 fully saturated rings. The highest BCUT2D eigenvalue weighted by atomic mass is 79.9. The van der Waals surface area contributed by atoms with Crippen LogP contribution >= 0.6 is 27.3 Å². The van der Waals surface area contributed by atoms with Gasteiger partial charge in [-0.2, -0.15) is 0 Å². The average Bonchev–Trinajstić information content (AvgIpc) is 2.88. The molecule has 1 aromatic heterocycles. The minimum Gasteiger partial charge on any atom is -0.316 e. The van der Waals surface area contributed by atoms with E-state index < -0.39 is 0 Å². The zero-order valence-electron chi connectivity index (χ0n) is 11.6. The van der Waals surface area contributed by atoms with Gasteiger partial charge in [0, 0.05) is 16.6 Å². The first-order valence-corrected chi connectivity index (χ1v) is 7.73. The minimum absolute atomic E-state index is 0.869. The fourth-order valence-electron chi connectivity index (χ4n) is 1.62. The number of allylic oxidation sites excluding steroid dienone is 3. The van der Waals surface area contributed by atoms with Crippen molar-refractivity contribution in [2.45, 2.75) is 6.92 Å². The number of aromatic nitrogens is 1. The number of rotatable bonds is 4. The van der Waals surface area contributed by atoms with Crippen molar-refractivity contribution >= 4 is 43.1 Å². The van der Waals surface area contributed by atoms with Crippen LogP contribution in [-0.2, 0) is 0 Å². The van der Waals surface area contributed by atoms with Crippen molar-refractivity contribution in [1.29, 1.82) is 0 Å². The Balaban J connectivity index is 0.000000956. The van der Waals surface area contributed by atoms with Gasteiger partial charge in [0.2, 0.25) is 0 Å². The smallest absolute Gasteiger partial charge is 0.124 e. The molecule has 0 amide bonds. The zero-order valence-corrected chi connectivity index (χ0v) is 14.0. The van der Waals surface area contributed by atoms with Crippen LogP contribution in [0.1, 0.15) is 11.9 Å². The van der Waals surface area contributed by atoms with Gasteiger partial charge in [-0.1, -0.05) is 34.2 Å². The standard InChI is InChI=1S/C14H15BrN2S.C2H2/c1-3-10(5-4-8-16-2)14-17-12-7-6-11(15)9-13(12)18-14;1-2/h3-7,9,16H,8H2,1-2H3;1-2H/b5-4-,10-3+;. The van der Waals surface area contributed by atoms with Gasteiger partial charge in [0.25, 0.3) is 0 Å². The first-order valence-electron chi connectivity index (χ1n) is 6.12. The first-order chi connectivity index (χ1) is 9.74. The van der Waals surface area contributed by atoms with Crippen LogP contribution in [0.5, 0.6) is 0 Å². The van der Waals surface area contributed by atoms with Gasteiger partial charge in [0.1, 0.15) is 5.01 Å². The molecule has 4 heteroatoms. The van der Waals surface area contributed by atoms with Crippen molar-refractivity contribution < 1.29 is 0 Å². The van der Waals surface area contributed by atoms with Gasteiger partial charge in [0.05, 0.1) is 10.2 Å². The highest BCUT2D eigenvalue weighted by Crippen LogP contribution is 2.29. The molecule has 104 valence electrons. The van der Waals surface area contributed by atoms with Crippen molar-refractivity contribution in [1.82, 2.24) is 10.3 Å². The van der Waals surface area contributed by atoms with Crippen molar-refractivity contribution in [3.05, 3.63) is 45.9 Å². The van der Waals surface area contributed by atoms with E-state index in [-0.39, 0.29) is 0 Å². The largest absolute Gasteiger partial charge is 0.316 e. The van der Waals surface area contributed by atoms with E-state index in [1.165, 1.54) is 10.3 Å². The molecular weight excluding hydrogens is 332 g/mol. The summed E-state index contributed by atoms with van der Waals surface area (Å²) in [4.78, 5) is 4.66. The summed E-state index contributed by atoms with van der Waals surface area (Å²) in [5.74, 6) is 0. The lowest BCUT2D eigenvalue weighted by Gasteiger charge is -1.95. The zero-order chi connectivity index (χ0) is 15.0. The average molecular weight is 349 g/mol. The molecule has 2 aromatic rings. The van der Waals surface area contributed by atoms with Crippen molar-refractivity contribution in [3.63, 3.8) is 0 Å². The van der Waals surface area contributed by atoms with Gasteiger partial charge >= 0.3 is 0 Å². The molecule has 0 atom stereocenters. The first kappa shape index (κ1) is 16.6. The fraction of sp³-hybridized carbons (Fsp3) is 0.188. The molecule has 0 saturated carbocycles. The molecule has 0 unspecified atom stereocenters. The Labute approximate surface area is 132 Å². The summed E-state index contributed by atoms with van der Waals surface area (Å²) < 4.78 is 2.30. The number of likely N-dealkylation sites (N-methyl/N-ethyl adjacent to an activating group) is 1. The van der Waals surface area contributed by atoms with Gasteiger partial charge in [-0.25, -0.2) is 4.98 Å². The van der Waals surface area contributed by atoms with Gasteiger partial charge in [-0.3, -0.25) is 0 Å². The monoisotopic (exact) mass is 348 g/mol. The van der Waals surface area contributed by atoms with E-state index in [1.807, 2.05) is 26.1 Å². The van der Waals surface area contributed by atoms with Crippen LogP contribution in [0.15, 0.2) is 40.9 Å². The molecule has 20 heavy (non-hydrogen) atoms. The van der Waals surface area contributed by atoms with Crippen molar-refractivity contribution in [2.24, 2.45) is 0 Å². The fourth-order valence-corrected chi connectivity index (χ4v) is 3.19. The van der Waals surface area contributed by atoms with E-state index in [1.54, 1.807) is 11.3 Å². The Morgan fingerprint density at radius 1 is 1.45 bits per heavy atom. The van der Waals surface area contributed by atoms with Crippen LogP contribution in [0, 0.1) is 12.8 Å². The molecule has 2 nitrogen and oxygen atoms in total. The number of terminal acetylenes is 1. The van der Waals surface area contributed by atoms with Crippen molar-refractivity contribution in [2.75, 3.05) is 13.6 Å². The molecule has 0 saturated heterocycles. The number of hydrogen-bond donors (Lipinski definition) is 1. The minimum atomic E-state index is 0.869. The maximum Gasteiger partial charge on any atom is 0.124 e. The number of fused-ring (bicyclic) bond motifs is 1. The summed E-state index contributed by atoms with van der Waals surface area (Å²) in [7, 11) is 1.94. The number of nitrogens with zero attached hydrogens (tertiary/aromatic N) is 1. The highest BCUT2D eigenvalue weighted by Gasteiger charge is 2.06. The van der Waals surface area contributed by atoms with Crippen LogP contribution in [-0.4, -0.2) is 18.6 Å². The molecule has 1 heterocycles. The summed E-state index contributed by atoms with van der Waals surface area (Å²) in [6.45, 7) is 2.91. The van der Waals surface area contributed by atoms with E-state index in [0.29, 0.717) is 0 Å². The Morgan fingerprint density at radius 3 is 2.85 bits per heavy atom. The second kappa shape index (κ2) is 8.70. The highest BCUT2D eigenvalue weighted by molar-refractivity contribution is 9.10. The second-order valence-corrected chi connectivity index (χ2v) is 5.78. The molecule has 0 aliphatic carbocycles. The van der Waals surface area contributed by atoms with Gasteiger partial charge in [-0.05, 0) is 32.2 Å². The number of halogens is 1. The maximum atomic E-state index is 4.66. The molecular formula is C16H17BrN2S. The summed E-state index contributed by atoms with van der Waals surface area (Å²) >= 11 is 5.21. The number of benzene rings is 1. The molecule has 0 spiro atoms. The number of hydrogen-bond acceptors (Lipinski definition) is 3. The summed E-state index contributed by atoms with van der Waals surface area (Å²) in [5, 5.41) is 4.16. The SMILES string of the molecule is C#C.C/C=C(\C=C/CNC)c1nc2ccc(Br)cc2s1. The van der Waals surface area contributed by atoms with Crippen LogP contribution < -0.4 is 5.32 Å². The topological polar surface area (TPSA) is 24.9 Å². The molecule has 1 aromatic carbocycles. The number of nitrogens with one attached hydrogen (secondary N) is 1. The summed E-state index contributed by atoms with van der Waals surface area (Å²) in [6.07, 6.45) is 14.3. The summed E-state index contributed by atoms with van der Waals surface area (Å²) in [6, 6.07) is 6.18. The molecule has 0 bridgehead atoms. The van der Waals surface area contributed by atoms with Crippen LogP contribution in [0.3, 0.4) is 0 Å². The number of thiazole rings is 1. The lowest BCUT2D eigenvalue weighted by atomic mass is 10.2. The van der Waals surface area contributed by atoms with Gasteiger partial charge < -0.3 is 5.32 Å². The summed E-state index contributed by atoms with van der Waals surface area (Å²) in [5.41, 5.74) is 2.22. The molecule has 0 aliphatic rings. The van der Waals surface area contributed by atoms with E-state index in [0.717, 1.165) is 21.5 Å². The van der Waals surface area contributed by atoms with E-state index >= 15 is 0 Å². The normalized spacial score (nSPS) is 11.6. The van der Waals surface area contributed by atoms with E-state index in [4.69, 9.17) is 0 Å². The Bertz CT molecular complexity index is 638. The Morgan fingerprint density at radius 2 is 2.20 bits per heavy atom. The molecule has 1 N–H and O–H groups in total. The third-order valence-corrected chi connectivity index (χ3v) is 4.09. The van der Waals surface area contributed by atoms with Crippen LogP contribution in [0.25, 0.3) is 15.8 Å². The Hall–Kier alpha value is -1.41. The van der Waals surface area contributed by atoms with Gasteiger partial charge in [-0.15, -0.1) is 24.2 Å². The van der Waals surface area contributed by atoms with E-state index in [2.05, 4.69) is 63.4 Å². The predicted molar refractivity (Wildman–Crippen MR) is 93.9 cm³/mol. The third kappa shape index (κ3) is 4.31. The van der Waals surface area contributed by atoms with Gasteiger partial charge in [0.15, 0.2) is 0 Å². The quantitative estimate of drug-likeness (QED) is 0.650. The van der Waals surface area contributed by atoms with Crippen LogP contribution in [0.4, 0.5) is 0 Å². The predicted octanol–water partition coefficient (Wildman–Crippen LogP) is 4.49. The third-order valence-electron chi connectivity index (χ3n) is 2.53. The second-order valence-electron chi connectivity index (χ2n) is 3.84. The van der Waals surface area contributed by atoms with Crippen molar-refractivity contribution in [3.8, 4) is 12.8 Å². The van der Waals surface area contributed by atoms with E-state index in [9.17, 15) is 0 Å². The molecule has 0 radical (unpaired) electrons.